The maximum atomic E-state index is 10.9. The van der Waals surface area contributed by atoms with E-state index in [1.807, 2.05) is 32.0 Å². The molecule has 2 aliphatic rings. The van der Waals surface area contributed by atoms with Gasteiger partial charge in [-0.25, -0.2) is 0 Å². The van der Waals surface area contributed by atoms with Gasteiger partial charge in [0, 0.05) is 17.5 Å². The largest absolute Gasteiger partial charge is 0.491 e. The minimum atomic E-state index is -0.705. The fourth-order valence-electron chi connectivity index (χ4n) is 2.39. The van der Waals surface area contributed by atoms with Crippen molar-refractivity contribution in [1.29, 1.82) is 0 Å². The Morgan fingerprint density at radius 2 is 2.30 bits per heavy atom. The minimum absolute atomic E-state index is 0.0220. The molecule has 2 aliphatic heterocycles. The van der Waals surface area contributed by atoms with Crippen LogP contribution in [0.2, 0.25) is 0 Å². The molecule has 2 bridgehead atoms. The van der Waals surface area contributed by atoms with Gasteiger partial charge >= 0.3 is 5.84 Å². The number of ether oxygens (including phenoxy) is 2. The van der Waals surface area contributed by atoms with Gasteiger partial charge in [-0.05, 0) is 24.8 Å². The first kappa shape index (κ1) is 12.9. The predicted octanol–water partition coefficient (Wildman–Crippen LogP) is 2.03. The normalized spacial score (nSPS) is 23.6. The summed E-state index contributed by atoms with van der Waals surface area (Å²) in [5.41, 5.74) is 1.70. The molecule has 0 N–H and O–H groups in total. The minimum Gasteiger partial charge on any atom is -0.491 e. The summed E-state index contributed by atoms with van der Waals surface area (Å²) in [6.07, 6.45) is -1.03. The molecule has 1 aromatic carbocycles. The van der Waals surface area contributed by atoms with Crippen molar-refractivity contribution in [1.82, 2.24) is 0 Å². The van der Waals surface area contributed by atoms with Gasteiger partial charge in [0.05, 0.1) is 6.10 Å². The number of rotatable bonds is 2. The van der Waals surface area contributed by atoms with Gasteiger partial charge in [0.1, 0.15) is 5.75 Å². The Balaban J connectivity index is 1.99. The third-order valence-corrected chi connectivity index (χ3v) is 3.18. The molecular formula is C13H14N2O5. The summed E-state index contributed by atoms with van der Waals surface area (Å²) < 4.78 is 11.3. The van der Waals surface area contributed by atoms with Crippen molar-refractivity contribution in [3.63, 3.8) is 0 Å². The van der Waals surface area contributed by atoms with E-state index in [0.717, 1.165) is 11.1 Å². The molecule has 0 aliphatic carbocycles. The lowest BCUT2D eigenvalue weighted by Gasteiger charge is -2.31. The molecule has 0 saturated carbocycles. The van der Waals surface area contributed by atoms with Crippen molar-refractivity contribution in [2.75, 3.05) is 0 Å². The van der Waals surface area contributed by atoms with Crippen molar-refractivity contribution in [2.24, 2.45) is 5.16 Å². The highest BCUT2D eigenvalue weighted by molar-refractivity contribution is 5.79. The third-order valence-electron chi connectivity index (χ3n) is 3.18. The van der Waals surface area contributed by atoms with E-state index in [1.165, 1.54) is 0 Å². The molecule has 7 heteroatoms. The summed E-state index contributed by atoms with van der Waals surface area (Å²) in [7, 11) is 0. The van der Waals surface area contributed by atoms with Crippen LogP contribution in [0.4, 0.5) is 0 Å². The number of nitro groups is 1. The van der Waals surface area contributed by atoms with Gasteiger partial charge in [0.2, 0.25) is 0 Å². The van der Waals surface area contributed by atoms with Gasteiger partial charge in [-0.2, -0.15) is 0 Å². The van der Waals surface area contributed by atoms with Crippen LogP contribution in [0.1, 0.15) is 31.3 Å². The van der Waals surface area contributed by atoms with Crippen molar-refractivity contribution in [2.45, 2.75) is 38.8 Å². The summed E-state index contributed by atoms with van der Waals surface area (Å²) in [5.74, 6) is 0.412. The van der Waals surface area contributed by atoms with Crippen LogP contribution in [0.3, 0.4) is 0 Å². The molecule has 20 heavy (non-hydrogen) atoms. The van der Waals surface area contributed by atoms with Crippen LogP contribution in [0.15, 0.2) is 23.4 Å². The molecule has 7 nitrogen and oxygen atoms in total. The molecule has 0 radical (unpaired) electrons. The third kappa shape index (κ3) is 2.09. The maximum Gasteiger partial charge on any atom is 0.414 e. The number of hydrogen-bond donors (Lipinski definition) is 0. The standard InChI is InChI=1S/C13H14N2O5/c1-7(2)18-10-5-3-4-8-9(10)6-11-12(15(16)17)14-20-13(8)19-11/h3-5,7,11,13H,6H2,1-2H3/t11-,13-/m1/s1. The molecule has 0 aromatic heterocycles. The molecule has 106 valence electrons. The molecule has 0 saturated heterocycles. The summed E-state index contributed by atoms with van der Waals surface area (Å²) in [4.78, 5) is 15.4. The van der Waals surface area contributed by atoms with E-state index in [9.17, 15) is 10.1 Å². The number of amidine groups is 1. The number of nitrogens with zero attached hydrogens (tertiary/aromatic N) is 2. The molecule has 0 fully saturated rings. The van der Waals surface area contributed by atoms with Gasteiger partial charge in [0.15, 0.2) is 11.3 Å². The van der Waals surface area contributed by atoms with Crippen molar-refractivity contribution in [3.05, 3.63) is 39.4 Å². The lowest BCUT2D eigenvalue weighted by Crippen LogP contribution is -2.41. The van der Waals surface area contributed by atoms with Crippen molar-refractivity contribution in [3.8, 4) is 5.75 Å². The summed E-state index contributed by atoms with van der Waals surface area (Å²) >= 11 is 0. The zero-order chi connectivity index (χ0) is 14.3. The summed E-state index contributed by atoms with van der Waals surface area (Å²) in [6, 6.07) is 5.55. The first-order valence-corrected chi connectivity index (χ1v) is 6.38. The highest BCUT2D eigenvalue weighted by Crippen LogP contribution is 2.39. The van der Waals surface area contributed by atoms with E-state index in [0.29, 0.717) is 12.2 Å². The first-order chi connectivity index (χ1) is 9.56. The average Bonchev–Trinajstić information content (AvgIpc) is 2.39. The quantitative estimate of drug-likeness (QED) is 0.610. The van der Waals surface area contributed by atoms with Gasteiger partial charge in [0.25, 0.3) is 6.29 Å². The SMILES string of the molecule is CC(C)Oc1cccc2c1C[C@H]1O[C@@H]2ON=C1[N+](=O)[O-]. The Labute approximate surface area is 115 Å². The van der Waals surface area contributed by atoms with Crippen LogP contribution in [0, 0.1) is 10.1 Å². The lowest BCUT2D eigenvalue weighted by molar-refractivity contribution is -0.375. The maximum absolute atomic E-state index is 10.9. The zero-order valence-electron chi connectivity index (χ0n) is 11.1. The van der Waals surface area contributed by atoms with E-state index >= 15 is 0 Å². The highest BCUT2D eigenvalue weighted by Gasteiger charge is 2.44. The van der Waals surface area contributed by atoms with Gasteiger partial charge in [-0.1, -0.05) is 12.1 Å². The highest BCUT2D eigenvalue weighted by atomic mass is 16.8. The summed E-state index contributed by atoms with van der Waals surface area (Å²) in [6.45, 7) is 3.86. The first-order valence-electron chi connectivity index (χ1n) is 6.38. The zero-order valence-corrected chi connectivity index (χ0v) is 11.1. The second kappa shape index (κ2) is 4.75. The van der Waals surface area contributed by atoms with Crippen LogP contribution < -0.4 is 4.74 Å². The summed E-state index contributed by atoms with van der Waals surface area (Å²) in [5, 5.41) is 14.5. The van der Waals surface area contributed by atoms with Gasteiger partial charge in [-0.15, -0.1) is 0 Å². The van der Waals surface area contributed by atoms with E-state index in [1.54, 1.807) is 0 Å². The Morgan fingerprint density at radius 3 is 3.00 bits per heavy atom. The van der Waals surface area contributed by atoms with Crippen LogP contribution in [-0.4, -0.2) is 23.0 Å². The van der Waals surface area contributed by atoms with Crippen molar-refractivity contribution >= 4 is 5.84 Å². The Kier molecular flexibility index (Phi) is 3.06. The Bertz CT molecular complexity index is 584. The van der Waals surface area contributed by atoms with Crippen LogP contribution in [-0.2, 0) is 16.0 Å². The molecule has 0 unspecified atom stereocenters. The van der Waals surface area contributed by atoms with Crippen LogP contribution in [0.25, 0.3) is 0 Å². The smallest absolute Gasteiger partial charge is 0.414 e. The molecule has 3 rings (SSSR count). The van der Waals surface area contributed by atoms with Crippen molar-refractivity contribution < 1.29 is 19.2 Å². The average molecular weight is 278 g/mol. The number of oxime groups is 1. The van der Waals surface area contributed by atoms with Crippen LogP contribution in [0.5, 0.6) is 5.75 Å². The second-order valence-corrected chi connectivity index (χ2v) is 4.96. The molecule has 0 spiro atoms. The molecule has 2 atom stereocenters. The van der Waals surface area contributed by atoms with E-state index < -0.39 is 17.3 Å². The molecule has 1 aromatic rings. The Hall–Kier alpha value is -2.15. The number of hydrogen-bond acceptors (Lipinski definition) is 6. The van der Waals surface area contributed by atoms with E-state index in [-0.39, 0.29) is 11.9 Å². The molecule has 2 heterocycles. The monoisotopic (exact) mass is 278 g/mol. The fraction of sp³-hybridized carbons (Fsp3) is 0.462. The van der Waals surface area contributed by atoms with Gasteiger partial charge < -0.3 is 19.6 Å². The molecular weight excluding hydrogens is 264 g/mol. The predicted molar refractivity (Wildman–Crippen MR) is 69.0 cm³/mol. The molecule has 0 amide bonds. The Morgan fingerprint density at radius 1 is 1.50 bits per heavy atom. The topological polar surface area (TPSA) is 83.2 Å². The number of fused-ring (bicyclic) bond motifs is 4. The fourth-order valence-corrected chi connectivity index (χ4v) is 2.39. The lowest BCUT2D eigenvalue weighted by atomic mass is 9.96. The van der Waals surface area contributed by atoms with Crippen LogP contribution >= 0.6 is 0 Å². The van der Waals surface area contributed by atoms with E-state index in [4.69, 9.17) is 14.3 Å². The number of benzene rings is 1. The second-order valence-electron chi connectivity index (χ2n) is 4.96. The van der Waals surface area contributed by atoms with Gasteiger partial charge in [-0.3, -0.25) is 4.84 Å². The van der Waals surface area contributed by atoms with E-state index in [2.05, 4.69) is 5.16 Å².